The summed E-state index contributed by atoms with van der Waals surface area (Å²) in [6.07, 6.45) is -2.95. The van der Waals surface area contributed by atoms with E-state index >= 15 is 0 Å². The number of ether oxygens (including phenoxy) is 1. The molecule has 0 radical (unpaired) electrons. The van der Waals surface area contributed by atoms with E-state index in [4.69, 9.17) is 4.74 Å². The molecule has 1 aliphatic rings. The lowest BCUT2D eigenvalue weighted by Crippen LogP contribution is -2.38. The molecular weight excluding hydrogens is 323 g/mol. The summed E-state index contributed by atoms with van der Waals surface area (Å²) in [5.41, 5.74) is 0.646. The molecule has 2 atom stereocenters. The lowest BCUT2D eigenvalue weighted by Gasteiger charge is -2.29. The molecule has 2 rings (SSSR count). The highest BCUT2D eigenvalue weighted by Crippen LogP contribution is 2.39. The highest BCUT2D eigenvalue weighted by Gasteiger charge is 2.43. The summed E-state index contributed by atoms with van der Waals surface area (Å²) < 4.78 is 43.4. The maximum atomic E-state index is 12.8. The average molecular weight is 345 g/mol. The van der Waals surface area contributed by atoms with Gasteiger partial charge in [-0.05, 0) is 37.3 Å². The summed E-state index contributed by atoms with van der Waals surface area (Å²) >= 11 is 0. The van der Waals surface area contributed by atoms with Crippen LogP contribution in [0, 0.1) is 11.8 Å². The van der Waals surface area contributed by atoms with Crippen molar-refractivity contribution >= 4 is 5.91 Å². The molecule has 1 aromatic carbocycles. The fourth-order valence-electron chi connectivity index (χ4n) is 3.07. The third-order valence-corrected chi connectivity index (χ3v) is 4.49. The number of carbonyl (C=O) groups excluding carboxylic acids is 1. The van der Waals surface area contributed by atoms with Gasteiger partial charge in [0.25, 0.3) is 0 Å². The van der Waals surface area contributed by atoms with E-state index in [1.54, 1.807) is 12.1 Å². The van der Waals surface area contributed by atoms with Gasteiger partial charge in [-0.15, -0.1) is 0 Å². The molecule has 1 aromatic rings. The third kappa shape index (κ3) is 4.79. The largest absolute Gasteiger partial charge is 0.508 e. The normalized spacial score (nSPS) is 21.3. The number of halogens is 3. The van der Waals surface area contributed by atoms with E-state index in [0.717, 1.165) is 0 Å². The summed E-state index contributed by atoms with van der Waals surface area (Å²) in [5, 5.41) is 12.5. The number of aromatic hydroxyl groups is 1. The van der Waals surface area contributed by atoms with Crippen LogP contribution < -0.4 is 10.1 Å². The highest BCUT2D eigenvalue weighted by molar-refractivity contribution is 5.78. The van der Waals surface area contributed by atoms with Crippen molar-refractivity contribution in [2.24, 2.45) is 11.8 Å². The van der Waals surface area contributed by atoms with Gasteiger partial charge in [0.2, 0.25) is 5.91 Å². The number of hydrogen-bond acceptors (Lipinski definition) is 3. The van der Waals surface area contributed by atoms with Gasteiger partial charge in [0.1, 0.15) is 11.5 Å². The van der Waals surface area contributed by atoms with Crippen LogP contribution in [0.15, 0.2) is 18.2 Å². The van der Waals surface area contributed by atoms with Gasteiger partial charge < -0.3 is 15.2 Å². The van der Waals surface area contributed by atoms with E-state index in [9.17, 15) is 23.1 Å². The van der Waals surface area contributed by atoms with E-state index in [1.807, 2.05) is 0 Å². The number of methoxy groups -OCH3 is 1. The first kappa shape index (κ1) is 18.4. The van der Waals surface area contributed by atoms with Crippen molar-refractivity contribution in [3.63, 3.8) is 0 Å². The first-order chi connectivity index (χ1) is 11.3. The second-order valence-corrected chi connectivity index (χ2v) is 6.14. The van der Waals surface area contributed by atoms with Gasteiger partial charge in [0.15, 0.2) is 0 Å². The summed E-state index contributed by atoms with van der Waals surface area (Å²) in [5.74, 6) is -1.71. The first-order valence-corrected chi connectivity index (χ1v) is 8.01. The minimum absolute atomic E-state index is 0.0680. The summed E-state index contributed by atoms with van der Waals surface area (Å²) in [7, 11) is 1.49. The average Bonchev–Trinajstić information content (AvgIpc) is 2.55. The summed E-state index contributed by atoms with van der Waals surface area (Å²) in [6.45, 7) is 0.270. The molecule has 2 N–H and O–H groups in total. The third-order valence-electron chi connectivity index (χ3n) is 4.49. The fourth-order valence-corrected chi connectivity index (χ4v) is 3.07. The zero-order valence-corrected chi connectivity index (χ0v) is 13.5. The molecule has 0 aliphatic heterocycles. The van der Waals surface area contributed by atoms with Crippen LogP contribution in [0.4, 0.5) is 13.2 Å². The van der Waals surface area contributed by atoms with Crippen molar-refractivity contribution in [3.8, 4) is 11.5 Å². The van der Waals surface area contributed by atoms with Crippen molar-refractivity contribution in [2.75, 3.05) is 13.7 Å². The Bertz CT molecular complexity index is 575. The Labute approximate surface area is 139 Å². The predicted octanol–water partition coefficient (Wildman–Crippen LogP) is 3.43. The lowest BCUT2D eigenvalue weighted by atomic mass is 9.80. The number of nitrogens with one attached hydrogen (secondary N) is 1. The Morgan fingerprint density at radius 3 is 2.75 bits per heavy atom. The number of alkyl halides is 3. The number of phenolic OH excluding ortho intramolecular Hbond substituents is 1. The van der Waals surface area contributed by atoms with Gasteiger partial charge in [0.05, 0.1) is 13.0 Å². The smallest absolute Gasteiger partial charge is 0.391 e. The lowest BCUT2D eigenvalue weighted by molar-refractivity contribution is -0.186. The van der Waals surface area contributed by atoms with Crippen LogP contribution >= 0.6 is 0 Å². The van der Waals surface area contributed by atoms with Crippen molar-refractivity contribution < 1.29 is 27.8 Å². The van der Waals surface area contributed by atoms with Crippen molar-refractivity contribution in [2.45, 2.75) is 38.3 Å². The van der Waals surface area contributed by atoms with Gasteiger partial charge >= 0.3 is 6.18 Å². The van der Waals surface area contributed by atoms with E-state index in [0.29, 0.717) is 30.6 Å². The fraction of sp³-hybridized carbons (Fsp3) is 0.588. The van der Waals surface area contributed by atoms with Crippen LogP contribution in [0.5, 0.6) is 11.5 Å². The monoisotopic (exact) mass is 345 g/mol. The molecular formula is C17H22F3NO3. The first-order valence-electron chi connectivity index (χ1n) is 8.01. The molecule has 0 spiro atoms. The molecule has 134 valence electrons. The quantitative estimate of drug-likeness (QED) is 0.860. The van der Waals surface area contributed by atoms with Gasteiger partial charge in [-0.1, -0.05) is 12.5 Å². The molecule has 0 aromatic heterocycles. The Kier molecular flexibility index (Phi) is 5.96. The van der Waals surface area contributed by atoms with Crippen molar-refractivity contribution in [1.29, 1.82) is 0 Å². The Balaban J connectivity index is 1.83. The van der Waals surface area contributed by atoms with Gasteiger partial charge in [-0.2, -0.15) is 13.2 Å². The topological polar surface area (TPSA) is 58.6 Å². The SMILES string of the molecule is COc1ccc(CCNC(=O)C2CCCC(C(F)(F)F)C2)c(O)c1. The molecule has 1 fully saturated rings. The van der Waals surface area contributed by atoms with E-state index in [2.05, 4.69) is 5.32 Å². The molecule has 0 heterocycles. The molecule has 4 nitrogen and oxygen atoms in total. The van der Waals surface area contributed by atoms with Gasteiger partial charge in [-0.25, -0.2) is 0 Å². The number of hydrogen-bond donors (Lipinski definition) is 2. The molecule has 1 saturated carbocycles. The zero-order chi connectivity index (χ0) is 17.7. The van der Waals surface area contributed by atoms with Crippen LogP contribution in [0.25, 0.3) is 0 Å². The van der Waals surface area contributed by atoms with Gasteiger partial charge in [0, 0.05) is 18.5 Å². The van der Waals surface area contributed by atoms with Crippen LogP contribution in [0.1, 0.15) is 31.2 Å². The van der Waals surface area contributed by atoms with E-state index < -0.39 is 18.0 Å². The summed E-state index contributed by atoms with van der Waals surface area (Å²) in [4.78, 5) is 12.1. The molecule has 1 amide bonds. The molecule has 2 unspecified atom stereocenters. The Hall–Kier alpha value is -1.92. The number of rotatable bonds is 5. The zero-order valence-electron chi connectivity index (χ0n) is 13.5. The van der Waals surface area contributed by atoms with Crippen molar-refractivity contribution in [1.82, 2.24) is 5.32 Å². The molecule has 7 heteroatoms. The standard InChI is InChI=1S/C17H22F3NO3/c1-24-14-6-5-11(15(22)10-14)7-8-21-16(23)12-3-2-4-13(9-12)17(18,19)20/h5-6,10,12-13,22H,2-4,7-9H2,1H3,(H,21,23). The van der Waals surface area contributed by atoms with Gasteiger partial charge in [-0.3, -0.25) is 4.79 Å². The van der Waals surface area contributed by atoms with Crippen LogP contribution in [0.2, 0.25) is 0 Å². The number of benzene rings is 1. The van der Waals surface area contributed by atoms with E-state index in [1.165, 1.54) is 13.2 Å². The maximum Gasteiger partial charge on any atom is 0.391 e. The minimum Gasteiger partial charge on any atom is -0.508 e. The Morgan fingerprint density at radius 1 is 1.38 bits per heavy atom. The number of amides is 1. The predicted molar refractivity (Wildman–Crippen MR) is 82.9 cm³/mol. The molecule has 0 bridgehead atoms. The van der Waals surface area contributed by atoms with Crippen molar-refractivity contribution in [3.05, 3.63) is 23.8 Å². The molecule has 24 heavy (non-hydrogen) atoms. The van der Waals surface area contributed by atoms with Crippen LogP contribution in [-0.4, -0.2) is 30.8 Å². The van der Waals surface area contributed by atoms with E-state index in [-0.39, 0.29) is 31.0 Å². The van der Waals surface area contributed by atoms with Crippen LogP contribution in [0.3, 0.4) is 0 Å². The maximum absolute atomic E-state index is 12.8. The molecule has 1 aliphatic carbocycles. The number of carbonyl (C=O) groups is 1. The Morgan fingerprint density at radius 2 is 2.12 bits per heavy atom. The molecule has 0 saturated heterocycles. The highest BCUT2D eigenvalue weighted by atomic mass is 19.4. The second-order valence-electron chi connectivity index (χ2n) is 6.14. The number of phenols is 1. The van der Waals surface area contributed by atoms with Crippen LogP contribution in [-0.2, 0) is 11.2 Å². The second kappa shape index (κ2) is 7.77. The minimum atomic E-state index is -4.23. The summed E-state index contributed by atoms with van der Waals surface area (Å²) in [6, 6.07) is 4.87.